The summed E-state index contributed by atoms with van der Waals surface area (Å²) in [6.45, 7) is 3.47. The topological polar surface area (TPSA) is 58.6 Å². The van der Waals surface area contributed by atoms with E-state index in [0.717, 1.165) is 5.56 Å². The average Bonchev–Trinajstić information content (AvgIpc) is 2.67. The maximum atomic E-state index is 11.9. The summed E-state index contributed by atoms with van der Waals surface area (Å²) in [5.41, 5.74) is 0.00986. The van der Waals surface area contributed by atoms with Gasteiger partial charge in [-0.3, -0.25) is 4.79 Å². The Bertz CT molecular complexity index is 468. The Hall–Kier alpha value is -1.26. The molecule has 0 bridgehead atoms. The Balaban J connectivity index is 1.96. The van der Waals surface area contributed by atoms with Crippen LogP contribution in [-0.4, -0.2) is 29.3 Å². The second-order valence-electron chi connectivity index (χ2n) is 5.09. The molecule has 0 aliphatic carbocycles. The van der Waals surface area contributed by atoms with Crippen molar-refractivity contribution in [2.75, 3.05) is 6.54 Å². The van der Waals surface area contributed by atoms with Gasteiger partial charge in [0, 0.05) is 18.0 Å². The molecule has 1 unspecified atom stereocenters. The first-order chi connectivity index (χ1) is 8.35. The smallest absolute Gasteiger partial charge is 0.261 e. The first-order valence-corrected chi connectivity index (χ1v) is 6.18. The van der Waals surface area contributed by atoms with E-state index in [0.29, 0.717) is 17.2 Å². The molecule has 1 amide bonds. The molecule has 2 N–H and O–H groups in total. The number of benzene rings is 1. The predicted molar refractivity (Wildman–Crippen MR) is 68.9 cm³/mol. The van der Waals surface area contributed by atoms with Gasteiger partial charge in [-0.15, -0.1) is 0 Å². The minimum absolute atomic E-state index is 0.197. The lowest BCUT2D eigenvalue weighted by molar-refractivity contribution is -0.128. The summed E-state index contributed by atoms with van der Waals surface area (Å²) in [7, 11) is 0. The van der Waals surface area contributed by atoms with Crippen LogP contribution in [-0.2, 0) is 11.2 Å². The SMILES string of the molecule is CC(C)(O)CNC(=O)C1Cc2cc(Cl)ccc2O1. The number of hydrogen-bond donors (Lipinski definition) is 2. The second-order valence-corrected chi connectivity index (χ2v) is 5.53. The fraction of sp³-hybridized carbons (Fsp3) is 0.462. The van der Waals surface area contributed by atoms with Gasteiger partial charge in [0.1, 0.15) is 5.75 Å². The van der Waals surface area contributed by atoms with Gasteiger partial charge in [-0.25, -0.2) is 0 Å². The normalized spacial score (nSPS) is 18.1. The summed E-state index contributed by atoms with van der Waals surface area (Å²) >= 11 is 5.88. The molecule has 0 spiro atoms. The van der Waals surface area contributed by atoms with Crippen LogP contribution >= 0.6 is 11.6 Å². The van der Waals surface area contributed by atoms with Gasteiger partial charge in [0.25, 0.3) is 5.91 Å². The third kappa shape index (κ3) is 3.15. The molecular weight excluding hydrogens is 254 g/mol. The fourth-order valence-electron chi connectivity index (χ4n) is 1.78. The van der Waals surface area contributed by atoms with Crippen LogP contribution in [0.5, 0.6) is 5.75 Å². The predicted octanol–water partition coefficient (Wildman–Crippen LogP) is 1.53. The van der Waals surface area contributed by atoms with Crippen LogP contribution in [0, 0.1) is 0 Å². The molecule has 1 heterocycles. The zero-order chi connectivity index (χ0) is 13.3. The second kappa shape index (κ2) is 4.78. The number of amides is 1. The van der Waals surface area contributed by atoms with Crippen LogP contribution in [0.15, 0.2) is 18.2 Å². The molecule has 1 aromatic rings. The van der Waals surface area contributed by atoms with Crippen molar-refractivity contribution in [2.45, 2.75) is 32.0 Å². The van der Waals surface area contributed by atoms with Crippen LogP contribution in [0.25, 0.3) is 0 Å². The van der Waals surface area contributed by atoms with Crippen LogP contribution in [0.1, 0.15) is 19.4 Å². The molecule has 0 saturated heterocycles. The molecule has 1 aliphatic heterocycles. The Morgan fingerprint density at radius 2 is 2.33 bits per heavy atom. The highest BCUT2D eigenvalue weighted by Gasteiger charge is 2.29. The Morgan fingerprint density at radius 3 is 3.00 bits per heavy atom. The van der Waals surface area contributed by atoms with E-state index in [1.165, 1.54) is 0 Å². The number of rotatable bonds is 3. The van der Waals surface area contributed by atoms with Crippen LogP contribution in [0.2, 0.25) is 5.02 Å². The summed E-state index contributed by atoms with van der Waals surface area (Å²) in [5.74, 6) is 0.479. The third-order valence-corrected chi connectivity index (χ3v) is 2.92. The molecule has 5 heteroatoms. The van der Waals surface area contributed by atoms with Crippen molar-refractivity contribution in [1.82, 2.24) is 5.32 Å². The number of carbonyl (C=O) groups excluding carboxylic acids is 1. The first kappa shape index (κ1) is 13.2. The van der Waals surface area contributed by atoms with Crippen molar-refractivity contribution in [3.05, 3.63) is 28.8 Å². The molecule has 1 aliphatic rings. The Labute approximate surface area is 111 Å². The maximum Gasteiger partial charge on any atom is 0.261 e. The monoisotopic (exact) mass is 269 g/mol. The molecule has 2 rings (SSSR count). The first-order valence-electron chi connectivity index (χ1n) is 5.80. The Kier molecular flexibility index (Phi) is 3.50. The number of nitrogens with one attached hydrogen (secondary N) is 1. The van der Waals surface area contributed by atoms with Gasteiger partial charge < -0.3 is 15.2 Å². The van der Waals surface area contributed by atoms with E-state index in [1.54, 1.807) is 32.0 Å². The molecule has 4 nitrogen and oxygen atoms in total. The molecule has 0 saturated carbocycles. The largest absolute Gasteiger partial charge is 0.480 e. The van der Waals surface area contributed by atoms with E-state index in [-0.39, 0.29) is 12.5 Å². The van der Waals surface area contributed by atoms with E-state index >= 15 is 0 Å². The lowest BCUT2D eigenvalue weighted by Crippen LogP contribution is -2.44. The Morgan fingerprint density at radius 1 is 1.61 bits per heavy atom. The van der Waals surface area contributed by atoms with Gasteiger partial charge in [0.05, 0.1) is 5.60 Å². The fourth-order valence-corrected chi connectivity index (χ4v) is 1.98. The van der Waals surface area contributed by atoms with E-state index in [9.17, 15) is 9.90 Å². The van der Waals surface area contributed by atoms with Gasteiger partial charge in [0.2, 0.25) is 0 Å². The van der Waals surface area contributed by atoms with Gasteiger partial charge in [-0.05, 0) is 37.6 Å². The minimum Gasteiger partial charge on any atom is -0.480 e. The van der Waals surface area contributed by atoms with E-state index in [1.807, 2.05) is 0 Å². The standard InChI is InChI=1S/C13H16ClNO3/c1-13(2,17)7-15-12(16)11-6-8-5-9(14)3-4-10(8)18-11/h3-5,11,17H,6-7H2,1-2H3,(H,15,16). The number of aliphatic hydroxyl groups is 1. The van der Waals surface area contributed by atoms with Crippen molar-refractivity contribution in [3.8, 4) is 5.75 Å². The molecule has 98 valence electrons. The van der Waals surface area contributed by atoms with Gasteiger partial charge >= 0.3 is 0 Å². The summed E-state index contributed by atoms with van der Waals surface area (Å²) < 4.78 is 5.54. The van der Waals surface area contributed by atoms with Gasteiger partial charge in [-0.1, -0.05) is 11.6 Å². The van der Waals surface area contributed by atoms with Crippen LogP contribution in [0.4, 0.5) is 0 Å². The van der Waals surface area contributed by atoms with Crippen LogP contribution in [0.3, 0.4) is 0 Å². The minimum atomic E-state index is -0.926. The lowest BCUT2D eigenvalue weighted by atomic mass is 10.1. The highest BCUT2D eigenvalue weighted by atomic mass is 35.5. The molecular formula is C13H16ClNO3. The highest BCUT2D eigenvalue weighted by Crippen LogP contribution is 2.31. The van der Waals surface area contributed by atoms with Gasteiger partial charge in [-0.2, -0.15) is 0 Å². The molecule has 0 aromatic heterocycles. The maximum absolute atomic E-state index is 11.9. The van der Waals surface area contributed by atoms with Crippen LogP contribution < -0.4 is 10.1 Å². The van der Waals surface area contributed by atoms with Crippen molar-refractivity contribution in [3.63, 3.8) is 0 Å². The average molecular weight is 270 g/mol. The third-order valence-electron chi connectivity index (χ3n) is 2.68. The van der Waals surface area contributed by atoms with E-state index in [4.69, 9.17) is 16.3 Å². The summed E-state index contributed by atoms with van der Waals surface area (Å²) in [5, 5.41) is 12.8. The number of halogens is 1. The van der Waals surface area contributed by atoms with E-state index < -0.39 is 11.7 Å². The molecule has 1 atom stereocenters. The van der Waals surface area contributed by atoms with Crippen molar-refractivity contribution >= 4 is 17.5 Å². The zero-order valence-electron chi connectivity index (χ0n) is 10.4. The molecule has 0 radical (unpaired) electrons. The summed E-state index contributed by atoms with van der Waals surface area (Å²) in [4.78, 5) is 11.9. The van der Waals surface area contributed by atoms with Crippen molar-refractivity contribution in [1.29, 1.82) is 0 Å². The zero-order valence-corrected chi connectivity index (χ0v) is 11.1. The number of carbonyl (C=O) groups is 1. The van der Waals surface area contributed by atoms with Gasteiger partial charge in [0.15, 0.2) is 6.10 Å². The van der Waals surface area contributed by atoms with Crippen molar-refractivity contribution in [2.24, 2.45) is 0 Å². The molecule has 18 heavy (non-hydrogen) atoms. The highest BCUT2D eigenvalue weighted by molar-refractivity contribution is 6.30. The molecule has 1 aromatic carbocycles. The number of ether oxygens (including phenoxy) is 1. The molecule has 0 fully saturated rings. The quantitative estimate of drug-likeness (QED) is 0.875. The summed E-state index contributed by atoms with van der Waals surface area (Å²) in [6.07, 6.45) is -0.0334. The number of fused-ring (bicyclic) bond motifs is 1. The van der Waals surface area contributed by atoms with Crippen molar-refractivity contribution < 1.29 is 14.6 Å². The number of hydrogen-bond acceptors (Lipinski definition) is 3. The summed E-state index contributed by atoms with van der Waals surface area (Å²) in [6, 6.07) is 5.30. The lowest BCUT2D eigenvalue weighted by Gasteiger charge is -2.19. The van der Waals surface area contributed by atoms with E-state index in [2.05, 4.69) is 5.32 Å².